The molecule has 18 heavy (non-hydrogen) atoms. The van der Waals surface area contributed by atoms with E-state index >= 15 is 0 Å². The lowest BCUT2D eigenvalue weighted by atomic mass is 10.1. The summed E-state index contributed by atoms with van der Waals surface area (Å²) in [6.45, 7) is 9.90. The summed E-state index contributed by atoms with van der Waals surface area (Å²) in [4.78, 5) is 13.5. The van der Waals surface area contributed by atoms with E-state index in [9.17, 15) is 4.79 Å². The average Bonchev–Trinajstić information content (AvgIpc) is 2.38. The number of hydrogen-bond acceptors (Lipinski definition) is 5. The first-order chi connectivity index (χ1) is 8.63. The molecular weight excluding hydrogens is 234 g/mol. The second-order valence-corrected chi connectivity index (χ2v) is 4.40. The lowest BCUT2D eigenvalue weighted by Crippen LogP contribution is -2.25. The van der Waals surface area contributed by atoms with Crippen LogP contribution in [0.3, 0.4) is 0 Å². The molecule has 0 saturated heterocycles. The van der Waals surface area contributed by atoms with Crippen molar-refractivity contribution < 1.29 is 19.4 Å². The summed E-state index contributed by atoms with van der Waals surface area (Å²) >= 11 is 0. The van der Waals surface area contributed by atoms with Crippen LogP contribution < -0.4 is 0 Å². The zero-order valence-electron chi connectivity index (χ0n) is 11.9. The minimum atomic E-state index is -0.611. The number of hydrogen-bond donors (Lipinski definition) is 1. The van der Waals surface area contributed by atoms with E-state index in [1.54, 1.807) is 0 Å². The minimum absolute atomic E-state index is 0.113. The second-order valence-electron chi connectivity index (χ2n) is 4.40. The Hall–Kier alpha value is -0.810. The molecule has 1 N–H and O–H groups in total. The van der Waals surface area contributed by atoms with Crippen LogP contribution in [0, 0.1) is 5.92 Å². The van der Waals surface area contributed by atoms with Crippen molar-refractivity contribution in [3.8, 4) is 0 Å². The first-order valence-electron chi connectivity index (χ1n) is 6.76. The van der Waals surface area contributed by atoms with Gasteiger partial charge >= 0.3 is 6.16 Å². The van der Waals surface area contributed by atoms with Gasteiger partial charge in [0.2, 0.25) is 0 Å². The predicted octanol–water partition coefficient (Wildman–Crippen LogP) is 1.89. The number of carbonyl (C=O) groups is 1. The molecule has 5 nitrogen and oxygen atoms in total. The molecule has 1 unspecified atom stereocenters. The molecule has 0 rings (SSSR count). The monoisotopic (exact) mass is 261 g/mol. The summed E-state index contributed by atoms with van der Waals surface area (Å²) in [5, 5.41) is 8.80. The molecule has 1 atom stereocenters. The van der Waals surface area contributed by atoms with Crippen LogP contribution in [0.25, 0.3) is 0 Å². The summed E-state index contributed by atoms with van der Waals surface area (Å²) < 4.78 is 9.83. The molecule has 0 saturated carbocycles. The van der Waals surface area contributed by atoms with Gasteiger partial charge < -0.3 is 19.5 Å². The highest BCUT2D eigenvalue weighted by atomic mass is 16.7. The van der Waals surface area contributed by atoms with Crippen molar-refractivity contribution in [2.24, 2.45) is 5.92 Å². The molecule has 0 aromatic carbocycles. The lowest BCUT2D eigenvalue weighted by Gasteiger charge is -2.17. The van der Waals surface area contributed by atoms with Gasteiger partial charge in [-0.2, -0.15) is 0 Å². The molecule has 5 heteroatoms. The number of carbonyl (C=O) groups excluding carboxylic acids is 1. The van der Waals surface area contributed by atoms with Gasteiger partial charge in [-0.3, -0.25) is 0 Å². The molecule has 0 aliphatic carbocycles. The zero-order chi connectivity index (χ0) is 13.8. The van der Waals surface area contributed by atoms with Crippen molar-refractivity contribution >= 4 is 6.16 Å². The third-order valence-corrected chi connectivity index (χ3v) is 2.88. The van der Waals surface area contributed by atoms with E-state index in [0.29, 0.717) is 19.6 Å². The quantitative estimate of drug-likeness (QED) is 0.481. The van der Waals surface area contributed by atoms with Gasteiger partial charge in [-0.05, 0) is 31.8 Å². The van der Waals surface area contributed by atoms with Gasteiger partial charge in [0.1, 0.15) is 0 Å². The van der Waals surface area contributed by atoms with Gasteiger partial charge in [0, 0.05) is 13.2 Å². The fraction of sp³-hybridized carbons (Fsp3) is 0.923. The SMILES string of the molecule is CCN(CC)CCCOC(=O)OCCC(C)CO. The molecular formula is C13H27NO4. The smallest absolute Gasteiger partial charge is 0.434 e. The highest BCUT2D eigenvalue weighted by Crippen LogP contribution is 2.01. The van der Waals surface area contributed by atoms with Crippen LogP contribution in [0.2, 0.25) is 0 Å². The van der Waals surface area contributed by atoms with Crippen LogP contribution >= 0.6 is 0 Å². The van der Waals surface area contributed by atoms with E-state index in [1.165, 1.54) is 0 Å². The molecule has 0 amide bonds. The van der Waals surface area contributed by atoms with Crippen molar-refractivity contribution in [2.75, 3.05) is 39.5 Å². The van der Waals surface area contributed by atoms with Crippen LogP contribution in [0.4, 0.5) is 4.79 Å². The number of nitrogens with zero attached hydrogens (tertiary/aromatic N) is 1. The summed E-state index contributed by atoms with van der Waals surface area (Å²) in [5.74, 6) is 0.153. The van der Waals surface area contributed by atoms with Crippen LogP contribution in [-0.2, 0) is 9.47 Å². The molecule has 0 aliphatic rings. The van der Waals surface area contributed by atoms with E-state index in [4.69, 9.17) is 14.6 Å². The molecule has 0 fully saturated rings. The van der Waals surface area contributed by atoms with E-state index in [-0.39, 0.29) is 12.5 Å². The maximum atomic E-state index is 11.2. The van der Waals surface area contributed by atoms with Crippen LogP contribution in [0.1, 0.15) is 33.6 Å². The first kappa shape index (κ1) is 17.2. The largest absolute Gasteiger partial charge is 0.508 e. The van der Waals surface area contributed by atoms with E-state index in [1.807, 2.05) is 6.92 Å². The predicted molar refractivity (Wildman–Crippen MR) is 70.6 cm³/mol. The summed E-state index contributed by atoms with van der Waals surface area (Å²) in [5.41, 5.74) is 0. The Morgan fingerprint density at radius 3 is 2.39 bits per heavy atom. The molecule has 0 spiro atoms. The Morgan fingerprint density at radius 1 is 1.22 bits per heavy atom. The second kappa shape index (κ2) is 11.3. The molecule has 0 aromatic rings. The average molecular weight is 261 g/mol. The fourth-order valence-corrected chi connectivity index (χ4v) is 1.46. The van der Waals surface area contributed by atoms with Crippen molar-refractivity contribution in [1.29, 1.82) is 0 Å². The Kier molecular flexibility index (Phi) is 10.8. The van der Waals surface area contributed by atoms with Crippen LogP contribution in [0.15, 0.2) is 0 Å². The zero-order valence-corrected chi connectivity index (χ0v) is 11.9. The van der Waals surface area contributed by atoms with Crippen molar-refractivity contribution in [3.05, 3.63) is 0 Å². The number of aliphatic hydroxyl groups excluding tert-OH is 1. The number of aliphatic hydroxyl groups is 1. The van der Waals surface area contributed by atoms with E-state index < -0.39 is 6.16 Å². The normalized spacial score (nSPS) is 12.5. The fourth-order valence-electron chi connectivity index (χ4n) is 1.46. The maximum absolute atomic E-state index is 11.2. The maximum Gasteiger partial charge on any atom is 0.508 e. The van der Waals surface area contributed by atoms with Crippen molar-refractivity contribution in [1.82, 2.24) is 4.90 Å². The van der Waals surface area contributed by atoms with E-state index in [0.717, 1.165) is 26.1 Å². The van der Waals surface area contributed by atoms with Gasteiger partial charge in [-0.1, -0.05) is 20.8 Å². The highest BCUT2D eigenvalue weighted by molar-refractivity contribution is 5.59. The van der Waals surface area contributed by atoms with E-state index in [2.05, 4.69) is 18.7 Å². The lowest BCUT2D eigenvalue weighted by molar-refractivity contribution is 0.0473. The molecule has 0 bridgehead atoms. The molecule has 0 heterocycles. The number of ether oxygens (including phenoxy) is 2. The molecule has 108 valence electrons. The Balaban J connectivity index is 3.42. The van der Waals surface area contributed by atoms with Crippen LogP contribution in [-0.4, -0.2) is 55.6 Å². The highest BCUT2D eigenvalue weighted by Gasteiger charge is 2.06. The third kappa shape index (κ3) is 9.24. The minimum Gasteiger partial charge on any atom is -0.434 e. The van der Waals surface area contributed by atoms with Crippen molar-refractivity contribution in [3.63, 3.8) is 0 Å². The molecule has 0 aliphatic heterocycles. The van der Waals surface area contributed by atoms with Gasteiger partial charge in [0.15, 0.2) is 0 Å². The van der Waals surface area contributed by atoms with Gasteiger partial charge in [-0.15, -0.1) is 0 Å². The van der Waals surface area contributed by atoms with Crippen molar-refractivity contribution in [2.45, 2.75) is 33.6 Å². The Labute approximate surface area is 110 Å². The number of rotatable bonds is 10. The Morgan fingerprint density at radius 2 is 1.83 bits per heavy atom. The third-order valence-electron chi connectivity index (χ3n) is 2.88. The Bertz CT molecular complexity index is 207. The van der Waals surface area contributed by atoms with Crippen LogP contribution in [0.5, 0.6) is 0 Å². The molecule has 0 radical (unpaired) electrons. The standard InChI is InChI=1S/C13H27NO4/c1-4-14(5-2)8-6-9-17-13(16)18-10-7-12(3)11-15/h12,15H,4-11H2,1-3H3. The summed E-state index contributed by atoms with van der Waals surface area (Å²) in [7, 11) is 0. The molecule has 0 aromatic heterocycles. The topological polar surface area (TPSA) is 59.0 Å². The van der Waals surface area contributed by atoms with Gasteiger partial charge in [-0.25, -0.2) is 4.79 Å². The summed E-state index contributed by atoms with van der Waals surface area (Å²) in [6.07, 6.45) is 0.870. The van der Waals surface area contributed by atoms with Gasteiger partial charge in [0.25, 0.3) is 0 Å². The first-order valence-corrected chi connectivity index (χ1v) is 6.76. The summed E-state index contributed by atoms with van der Waals surface area (Å²) in [6, 6.07) is 0. The van der Waals surface area contributed by atoms with Gasteiger partial charge in [0.05, 0.1) is 13.2 Å².